The molecule has 0 spiro atoms. The van der Waals surface area contributed by atoms with Gasteiger partial charge in [0.25, 0.3) is 0 Å². The van der Waals surface area contributed by atoms with Crippen molar-refractivity contribution in [1.29, 1.82) is 0 Å². The molecule has 0 amide bonds. The highest BCUT2D eigenvalue weighted by Crippen LogP contribution is 1.93. The molecule has 0 saturated heterocycles. The lowest BCUT2D eigenvalue weighted by Gasteiger charge is -2.01. The van der Waals surface area contributed by atoms with Gasteiger partial charge in [-0.05, 0) is 6.37 Å². The van der Waals surface area contributed by atoms with Gasteiger partial charge in [-0.2, -0.15) is 0 Å². The molecule has 0 aliphatic carbocycles. The second-order valence-electron chi connectivity index (χ2n) is 1.27. The Morgan fingerprint density at radius 2 is 2.20 bits per heavy atom. The smallest absolute Gasteiger partial charge is 0.320 e. The standard InChI is InChI=1S/C5H9NO4/c6-3(5(9)10)1-2-4(7)8/h3H,1-2,6H2,(H,7,8)(H,9,10)/t3-/m0/s1/i1D2,2D2,3D,6+1. The first-order chi connectivity index (χ1) is 6.39. The fourth-order valence-electron chi connectivity index (χ4n) is 0.174. The van der Waals surface area contributed by atoms with E-state index in [1.807, 2.05) is 0 Å². The predicted octanol–water partition coefficient (Wildman–Crippen LogP) is -0.737. The van der Waals surface area contributed by atoms with Crippen molar-refractivity contribution >= 4 is 11.9 Å². The monoisotopic (exact) mass is 153 g/mol. The van der Waals surface area contributed by atoms with E-state index in [4.69, 9.17) is 22.8 Å². The largest absolute Gasteiger partial charge is 0.481 e. The van der Waals surface area contributed by atoms with Gasteiger partial charge in [-0.1, -0.05) is 0 Å². The Labute approximate surface area is 64.5 Å². The lowest BCUT2D eigenvalue weighted by atomic mass is 10.2. The summed E-state index contributed by atoms with van der Waals surface area (Å²) >= 11 is 0. The molecule has 0 aromatic heterocycles. The van der Waals surface area contributed by atoms with Crippen LogP contribution in [0.4, 0.5) is 0 Å². The number of carboxylic acids is 2. The highest BCUT2D eigenvalue weighted by molar-refractivity contribution is 5.74. The van der Waals surface area contributed by atoms with Crippen molar-refractivity contribution in [1.82, 2.24) is 0 Å². The number of nitrogens with two attached hydrogens (primary N) is 1. The summed E-state index contributed by atoms with van der Waals surface area (Å²) in [5, 5.41) is 16.8. The fourth-order valence-corrected chi connectivity index (χ4v) is 0.174. The number of aliphatic carboxylic acids is 2. The van der Waals surface area contributed by atoms with Crippen LogP contribution in [0.1, 0.15) is 19.6 Å². The Kier molecular flexibility index (Phi) is 1.28. The van der Waals surface area contributed by atoms with Crippen molar-refractivity contribution < 1.29 is 26.7 Å². The summed E-state index contributed by atoms with van der Waals surface area (Å²) in [4.78, 5) is 20.8. The van der Waals surface area contributed by atoms with Gasteiger partial charge in [0.15, 0.2) is 0 Å². The van der Waals surface area contributed by atoms with Crippen molar-refractivity contribution in [3.8, 4) is 0 Å². The van der Waals surface area contributed by atoms with Crippen molar-refractivity contribution in [2.45, 2.75) is 18.8 Å². The Bertz CT molecular complexity index is 274. The highest BCUT2D eigenvalue weighted by Gasteiger charge is 2.12. The van der Waals surface area contributed by atoms with Gasteiger partial charge in [0, 0.05) is 11.9 Å². The van der Waals surface area contributed by atoms with Crippen LogP contribution in [0.25, 0.3) is 0 Å². The van der Waals surface area contributed by atoms with Crippen LogP contribution in [-0.4, -0.2) is 28.2 Å². The minimum absolute atomic E-state index is 2.15. The third kappa shape index (κ3) is 3.85. The van der Waals surface area contributed by atoms with Crippen molar-refractivity contribution in [2.75, 3.05) is 0 Å². The van der Waals surface area contributed by atoms with Crippen LogP contribution < -0.4 is 5.73 Å². The zero-order valence-electron chi connectivity index (χ0n) is 9.79. The van der Waals surface area contributed by atoms with Crippen LogP contribution in [-0.2, 0) is 9.59 Å². The second kappa shape index (κ2) is 3.84. The summed E-state index contributed by atoms with van der Waals surface area (Å²) in [7, 11) is 0. The number of carboxylic acid groups (broad SMARTS) is 2. The molecule has 5 heteroatoms. The molecule has 0 saturated carbocycles. The van der Waals surface area contributed by atoms with Crippen LogP contribution >= 0.6 is 0 Å². The first-order valence-corrected chi connectivity index (χ1v) is 2.14. The van der Waals surface area contributed by atoms with Crippen LogP contribution in [0.2, 0.25) is 0 Å². The molecule has 1 atom stereocenters. The molecule has 10 heavy (non-hydrogen) atoms. The molecular formula is C5H9NO4. The van der Waals surface area contributed by atoms with E-state index >= 15 is 0 Å². The first-order valence-electron chi connectivity index (χ1n) is 4.64. The predicted molar refractivity (Wildman–Crippen MR) is 32.5 cm³/mol. The molecular weight excluding hydrogens is 139 g/mol. The molecule has 4 N–H and O–H groups in total. The quantitative estimate of drug-likeness (QED) is 0.462. The van der Waals surface area contributed by atoms with Crippen LogP contribution in [0.5, 0.6) is 0 Å². The van der Waals surface area contributed by atoms with Crippen LogP contribution in [0.15, 0.2) is 0 Å². The fraction of sp³-hybridized carbons (Fsp3) is 0.600. The van der Waals surface area contributed by atoms with E-state index in [1.54, 1.807) is 0 Å². The van der Waals surface area contributed by atoms with Gasteiger partial charge in [0.1, 0.15) is 6.02 Å². The topological polar surface area (TPSA) is 101 Å². The minimum atomic E-state index is -3.59. The molecule has 0 aromatic rings. The van der Waals surface area contributed by atoms with Gasteiger partial charge in [0.05, 0.1) is 1.37 Å². The highest BCUT2D eigenvalue weighted by atomic mass is 16.4. The summed E-state index contributed by atoms with van der Waals surface area (Å²) in [6, 6.07) is -3.39. The average Bonchev–Trinajstić information content (AvgIpc) is 2.02. The Morgan fingerprint density at radius 3 is 2.50 bits per heavy atom. The van der Waals surface area contributed by atoms with E-state index in [0.29, 0.717) is 0 Å². The molecule has 0 fully saturated rings. The van der Waals surface area contributed by atoms with E-state index < -0.39 is 30.7 Å². The van der Waals surface area contributed by atoms with Crippen LogP contribution in [0, 0.1) is 0 Å². The summed E-state index contributed by atoms with van der Waals surface area (Å²) < 4.78 is 34.7. The maximum absolute atomic E-state index is 10.4. The Balaban J connectivity index is 5.50. The van der Waals surface area contributed by atoms with Gasteiger partial charge >= 0.3 is 11.9 Å². The lowest BCUT2D eigenvalue weighted by molar-refractivity contribution is -0.139. The zero-order chi connectivity index (χ0) is 12.7. The molecule has 0 aliphatic rings. The maximum Gasteiger partial charge on any atom is 0.320 e. The van der Waals surface area contributed by atoms with Gasteiger partial charge in [-0.3, -0.25) is 9.59 Å². The minimum Gasteiger partial charge on any atom is -0.481 e. The third-order valence-electron chi connectivity index (χ3n) is 0.535. The van der Waals surface area contributed by atoms with Gasteiger partial charge in [-0.15, -0.1) is 0 Å². The molecule has 58 valence electrons. The molecule has 0 aromatic carbocycles. The van der Waals surface area contributed by atoms with Gasteiger partial charge in [0.2, 0.25) is 0 Å². The normalized spacial score (nSPS) is 25.9. The summed E-state index contributed by atoms with van der Waals surface area (Å²) in [6.07, 6.45) is -7.17. The van der Waals surface area contributed by atoms with Gasteiger partial charge < -0.3 is 15.9 Å². The van der Waals surface area contributed by atoms with E-state index in [2.05, 4.69) is 0 Å². The number of hydrogen-bond acceptors (Lipinski definition) is 3. The van der Waals surface area contributed by atoms with Crippen molar-refractivity contribution in [2.24, 2.45) is 5.73 Å². The lowest BCUT2D eigenvalue weighted by Crippen LogP contribution is -2.30. The Morgan fingerprint density at radius 1 is 1.70 bits per heavy atom. The number of carbonyl (C=O) groups is 2. The van der Waals surface area contributed by atoms with Gasteiger partial charge in [-0.25, -0.2) is 0 Å². The molecule has 0 heterocycles. The average molecular weight is 153 g/mol. The van der Waals surface area contributed by atoms with E-state index in [1.165, 1.54) is 0 Å². The van der Waals surface area contributed by atoms with Crippen molar-refractivity contribution in [3.05, 3.63) is 0 Å². The Hall–Kier alpha value is -1.10. The first kappa shape index (κ1) is 3.34. The molecule has 5 nitrogen and oxygen atoms in total. The summed E-state index contributed by atoms with van der Waals surface area (Å²) in [5.41, 5.74) is 4.75. The van der Waals surface area contributed by atoms with E-state index in [-0.39, 0.29) is 0 Å². The number of hydrogen-bond donors (Lipinski definition) is 3. The maximum atomic E-state index is 10.4. The third-order valence-corrected chi connectivity index (χ3v) is 0.535. The second-order valence-corrected chi connectivity index (χ2v) is 1.27. The molecule has 0 radical (unpaired) electrons. The van der Waals surface area contributed by atoms with Crippen molar-refractivity contribution in [3.63, 3.8) is 0 Å². The molecule has 0 rings (SSSR count). The molecule has 0 aliphatic heterocycles. The number of rotatable bonds is 4. The summed E-state index contributed by atoms with van der Waals surface area (Å²) in [6.45, 7) is 0. The van der Waals surface area contributed by atoms with Crippen LogP contribution in [0.3, 0.4) is 0 Å². The summed E-state index contributed by atoms with van der Waals surface area (Å²) in [5.74, 6) is -4.38. The van der Waals surface area contributed by atoms with E-state index in [0.717, 1.165) is 0 Å². The SMILES string of the molecule is [2H]C([2H])(C(=O)O)C([2H])([2H])[C@]([2H])([15NH2])C(=O)O. The van der Waals surface area contributed by atoms with E-state index in [9.17, 15) is 9.59 Å². The zero-order valence-corrected chi connectivity index (χ0v) is 4.79. The molecule has 0 bridgehead atoms. The molecule has 0 unspecified atom stereocenters.